The van der Waals surface area contributed by atoms with Gasteiger partial charge >= 0.3 is 0 Å². The summed E-state index contributed by atoms with van der Waals surface area (Å²) >= 11 is 0. The van der Waals surface area contributed by atoms with E-state index in [4.69, 9.17) is 9.47 Å². The smallest absolute Gasteiger partial charge is 0.189 e. The lowest BCUT2D eigenvalue weighted by Crippen LogP contribution is -2.06. The van der Waals surface area contributed by atoms with E-state index in [2.05, 4.69) is 73.8 Å². The van der Waals surface area contributed by atoms with E-state index >= 15 is 0 Å². The van der Waals surface area contributed by atoms with Crippen LogP contribution >= 0.6 is 0 Å². The Labute approximate surface area is 161 Å². The fourth-order valence-corrected chi connectivity index (χ4v) is 2.73. The maximum Gasteiger partial charge on any atom is 0.189 e. The quantitative estimate of drug-likeness (QED) is 0.334. The van der Waals surface area contributed by atoms with Gasteiger partial charge in [0.25, 0.3) is 0 Å². The molecule has 0 N–H and O–H groups in total. The topological polar surface area (TPSA) is 18.5 Å². The average molecular weight is 356 g/mol. The maximum atomic E-state index is 5.66. The first-order valence-corrected chi connectivity index (χ1v) is 9.03. The first-order valence-electron chi connectivity index (χ1n) is 9.03. The van der Waals surface area contributed by atoms with Crippen molar-refractivity contribution >= 4 is 12.2 Å². The van der Waals surface area contributed by atoms with Gasteiger partial charge in [-0.25, -0.2) is 0 Å². The lowest BCUT2D eigenvalue weighted by Gasteiger charge is -2.09. The van der Waals surface area contributed by atoms with Crippen molar-refractivity contribution in [3.8, 4) is 16.9 Å². The summed E-state index contributed by atoms with van der Waals surface area (Å²) in [5, 5.41) is 0. The minimum Gasteiger partial charge on any atom is -0.468 e. The second kappa shape index (κ2) is 9.56. The SMILES string of the molecule is C=Cc1ccc(CCOCOc2ccc(-c3ccc(C=C)cc3)cc2)cc1. The van der Waals surface area contributed by atoms with E-state index in [1.165, 1.54) is 11.1 Å². The minimum absolute atomic E-state index is 0.248. The molecule has 2 heteroatoms. The Morgan fingerprint density at radius 3 is 1.74 bits per heavy atom. The van der Waals surface area contributed by atoms with Gasteiger partial charge in [0.1, 0.15) is 5.75 Å². The Balaban J connectivity index is 1.42. The highest BCUT2D eigenvalue weighted by Gasteiger charge is 2.00. The third kappa shape index (κ3) is 5.44. The molecule has 0 atom stereocenters. The summed E-state index contributed by atoms with van der Waals surface area (Å²) in [6.45, 7) is 8.41. The van der Waals surface area contributed by atoms with Gasteiger partial charge in [-0.1, -0.05) is 86.0 Å². The van der Waals surface area contributed by atoms with Crippen LogP contribution in [-0.2, 0) is 11.2 Å². The zero-order chi connectivity index (χ0) is 18.9. The van der Waals surface area contributed by atoms with E-state index < -0.39 is 0 Å². The van der Waals surface area contributed by atoms with Crippen LogP contribution in [-0.4, -0.2) is 13.4 Å². The van der Waals surface area contributed by atoms with Crippen molar-refractivity contribution in [1.82, 2.24) is 0 Å². The molecule has 3 rings (SSSR count). The molecule has 0 unspecified atom stereocenters. The Morgan fingerprint density at radius 2 is 1.19 bits per heavy atom. The standard InChI is InChI=1S/C25H24O2/c1-3-20-5-7-22(8-6-20)17-18-26-19-27-25-15-13-24(14-16-25)23-11-9-21(4-2)10-12-23/h3-16H,1-2,17-19H2. The molecule has 0 fully saturated rings. The van der Waals surface area contributed by atoms with Crippen LogP contribution in [0.2, 0.25) is 0 Å². The van der Waals surface area contributed by atoms with Crippen LogP contribution in [0.4, 0.5) is 0 Å². The molecule has 3 aromatic carbocycles. The summed E-state index contributed by atoms with van der Waals surface area (Å²) in [4.78, 5) is 0. The van der Waals surface area contributed by atoms with Crippen molar-refractivity contribution in [3.05, 3.63) is 103 Å². The molecule has 0 aliphatic heterocycles. The highest BCUT2D eigenvalue weighted by atomic mass is 16.7. The summed E-state index contributed by atoms with van der Waals surface area (Å²) in [6.07, 6.45) is 4.55. The van der Waals surface area contributed by atoms with E-state index in [1.54, 1.807) is 0 Å². The number of benzene rings is 3. The molecule has 0 aromatic heterocycles. The molecular weight excluding hydrogens is 332 g/mol. The van der Waals surface area contributed by atoms with E-state index in [1.807, 2.05) is 24.3 Å². The van der Waals surface area contributed by atoms with Gasteiger partial charge in [-0.05, 0) is 46.4 Å². The molecule has 0 aliphatic carbocycles. The molecular formula is C25H24O2. The summed E-state index contributed by atoms with van der Waals surface area (Å²) in [7, 11) is 0. The van der Waals surface area contributed by atoms with Crippen molar-refractivity contribution in [2.45, 2.75) is 6.42 Å². The second-order valence-electron chi connectivity index (χ2n) is 6.22. The van der Waals surface area contributed by atoms with Gasteiger partial charge in [-0.15, -0.1) is 0 Å². The largest absolute Gasteiger partial charge is 0.468 e. The molecule has 0 spiro atoms. The van der Waals surface area contributed by atoms with Crippen LogP contribution in [0.25, 0.3) is 23.3 Å². The van der Waals surface area contributed by atoms with E-state index in [9.17, 15) is 0 Å². The van der Waals surface area contributed by atoms with Crippen LogP contribution in [0.15, 0.2) is 86.0 Å². The molecule has 0 bridgehead atoms. The van der Waals surface area contributed by atoms with Crippen molar-refractivity contribution in [2.24, 2.45) is 0 Å². The van der Waals surface area contributed by atoms with Crippen LogP contribution in [0.5, 0.6) is 5.75 Å². The van der Waals surface area contributed by atoms with E-state index in [0.717, 1.165) is 28.9 Å². The fourth-order valence-electron chi connectivity index (χ4n) is 2.73. The average Bonchev–Trinajstić information content (AvgIpc) is 2.74. The summed E-state index contributed by atoms with van der Waals surface area (Å²) in [5.41, 5.74) is 5.82. The molecule has 0 saturated heterocycles. The Bertz CT molecular complexity index is 860. The number of ether oxygens (including phenoxy) is 2. The van der Waals surface area contributed by atoms with Gasteiger partial charge in [0.05, 0.1) is 6.61 Å². The predicted molar refractivity (Wildman–Crippen MR) is 114 cm³/mol. The molecule has 0 saturated carbocycles. The number of rotatable bonds is 9. The molecule has 0 radical (unpaired) electrons. The predicted octanol–water partition coefficient (Wildman–Crippen LogP) is 6.24. The van der Waals surface area contributed by atoms with E-state index in [-0.39, 0.29) is 6.79 Å². The van der Waals surface area contributed by atoms with Crippen LogP contribution in [0.1, 0.15) is 16.7 Å². The normalized spacial score (nSPS) is 10.4. The van der Waals surface area contributed by atoms with Crippen LogP contribution in [0.3, 0.4) is 0 Å². The monoisotopic (exact) mass is 356 g/mol. The Kier molecular flexibility index (Phi) is 6.61. The molecule has 0 amide bonds. The molecule has 27 heavy (non-hydrogen) atoms. The summed E-state index contributed by atoms with van der Waals surface area (Å²) < 4.78 is 11.2. The van der Waals surface area contributed by atoms with Crippen molar-refractivity contribution in [1.29, 1.82) is 0 Å². The first kappa shape index (κ1) is 18.7. The zero-order valence-electron chi connectivity index (χ0n) is 15.4. The third-order valence-corrected chi connectivity index (χ3v) is 4.39. The molecule has 0 aliphatic rings. The molecule has 3 aromatic rings. The first-order chi connectivity index (χ1) is 13.3. The zero-order valence-corrected chi connectivity index (χ0v) is 15.4. The summed E-state index contributed by atoms with van der Waals surface area (Å²) in [6, 6.07) is 24.7. The van der Waals surface area contributed by atoms with Gasteiger partial charge in [0.2, 0.25) is 0 Å². The van der Waals surface area contributed by atoms with Gasteiger partial charge in [-0.3, -0.25) is 0 Å². The lowest BCUT2D eigenvalue weighted by molar-refractivity contribution is 0.0169. The van der Waals surface area contributed by atoms with Gasteiger partial charge in [0.15, 0.2) is 6.79 Å². The van der Waals surface area contributed by atoms with Crippen LogP contribution < -0.4 is 4.74 Å². The molecule has 0 heterocycles. The number of hydrogen-bond donors (Lipinski definition) is 0. The minimum atomic E-state index is 0.248. The van der Waals surface area contributed by atoms with Crippen LogP contribution in [0, 0.1) is 0 Å². The highest BCUT2D eigenvalue weighted by Crippen LogP contribution is 2.23. The molecule has 136 valence electrons. The third-order valence-electron chi connectivity index (χ3n) is 4.39. The number of hydrogen-bond acceptors (Lipinski definition) is 2. The second-order valence-corrected chi connectivity index (χ2v) is 6.22. The van der Waals surface area contributed by atoms with Crippen molar-refractivity contribution in [2.75, 3.05) is 13.4 Å². The summed E-state index contributed by atoms with van der Waals surface area (Å²) in [5.74, 6) is 0.803. The molecule has 2 nitrogen and oxygen atoms in total. The van der Waals surface area contributed by atoms with Crippen molar-refractivity contribution in [3.63, 3.8) is 0 Å². The Hall–Kier alpha value is -3.10. The van der Waals surface area contributed by atoms with Gasteiger partial charge in [-0.2, -0.15) is 0 Å². The highest BCUT2D eigenvalue weighted by molar-refractivity contribution is 5.66. The van der Waals surface area contributed by atoms with Gasteiger partial charge in [0, 0.05) is 0 Å². The maximum absolute atomic E-state index is 5.66. The van der Waals surface area contributed by atoms with E-state index in [0.29, 0.717) is 6.61 Å². The lowest BCUT2D eigenvalue weighted by atomic mass is 10.0. The van der Waals surface area contributed by atoms with Gasteiger partial charge < -0.3 is 9.47 Å². The van der Waals surface area contributed by atoms with Crippen molar-refractivity contribution < 1.29 is 9.47 Å². The Morgan fingerprint density at radius 1 is 0.667 bits per heavy atom. The fraction of sp³-hybridized carbons (Fsp3) is 0.120.